The first-order valence-corrected chi connectivity index (χ1v) is 5.76. The van der Waals surface area contributed by atoms with Gasteiger partial charge in [0, 0.05) is 17.7 Å². The topological polar surface area (TPSA) is 26.3 Å². The van der Waals surface area contributed by atoms with Gasteiger partial charge in [-0.05, 0) is 25.1 Å². The molecule has 0 heterocycles. The molecule has 0 amide bonds. The van der Waals surface area contributed by atoms with Gasteiger partial charge < -0.3 is 4.74 Å². The van der Waals surface area contributed by atoms with E-state index in [0.717, 1.165) is 24.0 Å². The SMILES string of the molecule is CCOc1ccc(C#CCCS)cc1C=O. The molecular weight excluding hydrogens is 220 g/mol. The molecule has 2 nitrogen and oxygen atoms in total. The van der Waals surface area contributed by atoms with Crippen LogP contribution in [-0.4, -0.2) is 18.6 Å². The molecule has 3 heteroatoms. The molecule has 1 rings (SSSR count). The predicted molar refractivity (Wildman–Crippen MR) is 68.3 cm³/mol. The highest BCUT2D eigenvalue weighted by molar-refractivity contribution is 7.80. The average molecular weight is 234 g/mol. The van der Waals surface area contributed by atoms with Gasteiger partial charge in [-0.2, -0.15) is 12.6 Å². The summed E-state index contributed by atoms with van der Waals surface area (Å²) in [4.78, 5) is 10.8. The molecule has 0 bridgehead atoms. The summed E-state index contributed by atoms with van der Waals surface area (Å²) >= 11 is 4.07. The second-order valence-electron chi connectivity index (χ2n) is 3.08. The Labute approximate surface area is 101 Å². The molecule has 0 N–H and O–H groups in total. The van der Waals surface area contributed by atoms with Crippen LogP contribution in [0.15, 0.2) is 18.2 Å². The zero-order valence-electron chi connectivity index (χ0n) is 9.19. The minimum atomic E-state index is 0.541. The van der Waals surface area contributed by atoms with Crippen LogP contribution in [0.5, 0.6) is 5.75 Å². The Kier molecular flexibility index (Phi) is 5.52. The Balaban J connectivity index is 2.91. The molecule has 0 spiro atoms. The Morgan fingerprint density at radius 3 is 2.94 bits per heavy atom. The third-order valence-corrected chi connectivity index (χ3v) is 2.13. The van der Waals surface area contributed by atoms with E-state index in [2.05, 4.69) is 24.5 Å². The van der Waals surface area contributed by atoms with E-state index in [0.29, 0.717) is 17.9 Å². The summed E-state index contributed by atoms with van der Waals surface area (Å²) in [6, 6.07) is 5.37. The highest BCUT2D eigenvalue weighted by Gasteiger charge is 2.02. The molecule has 0 unspecified atom stereocenters. The van der Waals surface area contributed by atoms with Crippen molar-refractivity contribution < 1.29 is 9.53 Å². The molecule has 0 saturated carbocycles. The number of carbonyl (C=O) groups is 1. The molecule has 84 valence electrons. The first-order chi connectivity index (χ1) is 7.81. The maximum Gasteiger partial charge on any atom is 0.153 e. The van der Waals surface area contributed by atoms with Crippen molar-refractivity contribution in [2.75, 3.05) is 12.4 Å². The maximum atomic E-state index is 10.8. The third-order valence-electron chi connectivity index (χ3n) is 1.91. The number of benzene rings is 1. The second kappa shape index (κ2) is 6.97. The van der Waals surface area contributed by atoms with E-state index >= 15 is 0 Å². The lowest BCUT2D eigenvalue weighted by molar-refractivity contribution is 0.112. The van der Waals surface area contributed by atoms with Crippen LogP contribution < -0.4 is 4.74 Å². The number of rotatable bonds is 4. The monoisotopic (exact) mass is 234 g/mol. The van der Waals surface area contributed by atoms with Crippen molar-refractivity contribution in [3.05, 3.63) is 29.3 Å². The quantitative estimate of drug-likeness (QED) is 0.492. The maximum absolute atomic E-state index is 10.8. The summed E-state index contributed by atoms with van der Waals surface area (Å²) in [6.07, 6.45) is 1.53. The Morgan fingerprint density at radius 2 is 2.31 bits per heavy atom. The van der Waals surface area contributed by atoms with Crippen LogP contribution in [0.25, 0.3) is 0 Å². The summed E-state index contributed by atoms with van der Waals surface area (Å²) in [5, 5.41) is 0. The van der Waals surface area contributed by atoms with Crippen molar-refractivity contribution in [1.29, 1.82) is 0 Å². The van der Waals surface area contributed by atoms with E-state index in [4.69, 9.17) is 4.74 Å². The molecule has 0 atom stereocenters. The minimum Gasteiger partial charge on any atom is -0.493 e. The largest absolute Gasteiger partial charge is 0.493 e. The van der Waals surface area contributed by atoms with Gasteiger partial charge in [-0.25, -0.2) is 0 Å². The molecule has 0 aliphatic heterocycles. The fourth-order valence-electron chi connectivity index (χ4n) is 1.23. The van der Waals surface area contributed by atoms with Gasteiger partial charge in [-0.3, -0.25) is 4.79 Å². The van der Waals surface area contributed by atoms with Gasteiger partial charge in [0.05, 0.1) is 12.2 Å². The molecular formula is C13H14O2S. The molecule has 0 radical (unpaired) electrons. The van der Waals surface area contributed by atoms with E-state index < -0.39 is 0 Å². The Bertz CT molecular complexity index is 416. The Hall–Kier alpha value is -1.40. The Morgan fingerprint density at radius 1 is 1.50 bits per heavy atom. The number of hydrogen-bond acceptors (Lipinski definition) is 3. The lowest BCUT2D eigenvalue weighted by atomic mass is 10.1. The molecule has 0 saturated heterocycles. The average Bonchev–Trinajstić information content (AvgIpc) is 2.31. The van der Waals surface area contributed by atoms with Gasteiger partial charge in [0.15, 0.2) is 6.29 Å². The molecule has 0 aromatic heterocycles. The summed E-state index contributed by atoms with van der Waals surface area (Å²) in [5.41, 5.74) is 1.37. The van der Waals surface area contributed by atoms with Gasteiger partial charge in [0.25, 0.3) is 0 Å². The minimum absolute atomic E-state index is 0.541. The fraction of sp³-hybridized carbons (Fsp3) is 0.308. The van der Waals surface area contributed by atoms with E-state index in [-0.39, 0.29) is 0 Å². The van der Waals surface area contributed by atoms with Crippen LogP contribution >= 0.6 is 12.6 Å². The van der Waals surface area contributed by atoms with Gasteiger partial charge in [0.1, 0.15) is 5.75 Å². The van der Waals surface area contributed by atoms with Crippen molar-refractivity contribution in [2.45, 2.75) is 13.3 Å². The van der Waals surface area contributed by atoms with Crippen LogP contribution in [0.2, 0.25) is 0 Å². The van der Waals surface area contributed by atoms with Crippen molar-refractivity contribution in [2.24, 2.45) is 0 Å². The fourth-order valence-corrected chi connectivity index (χ4v) is 1.34. The number of thiol groups is 1. The summed E-state index contributed by atoms with van der Waals surface area (Å²) < 4.78 is 5.32. The van der Waals surface area contributed by atoms with Crippen molar-refractivity contribution in [3.63, 3.8) is 0 Å². The zero-order valence-corrected chi connectivity index (χ0v) is 10.1. The number of hydrogen-bond donors (Lipinski definition) is 1. The second-order valence-corrected chi connectivity index (χ2v) is 3.53. The first kappa shape index (κ1) is 12.7. The number of carbonyl (C=O) groups excluding carboxylic acids is 1. The van der Waals surface area contributed by atoms with Crippen LogP contribution in [-0.2, 0) is 0 Å². The smallest absolute Gasteiger partial charge is 0.153 e. The van der Waals surface area contributed by atoms with Gasteiger partial charge in [-0.15, -0.1) is 0 Å². The van der Waals surface area contributed by atoms with Crippen LogP contribution in [0.3, 0.4) is 0 Å². The summed E-state index contributed by atoms with van der Waals surface area (Å²) in [5.74, 6) is 7.30. The summed E-state index contributed by atoms with van der Waals surface area (Å²) in [6.45, 7) is 2.43. The standard InChI is InChI=1S/C13H14O2S/c1-2-15-13-7-6-11(5-3-4-8-16)9-12(13)10-14/h6-7,9-10,16H,2,4,8H2,1H3. The van der Waals surface area contributed by atoms with Gasteiger partial charge in [-0.1, -0.05) is 11.8 Å². The lowest BCUT2D eigenvalue weighted by Crippen LogP contribution is -1.96. The molecule has 1 aromatic rings. The number of aldehydes is 1. The van der Waals surface area contributed by atoms with Crippen molar-refractivity contribution in [3.8, 4) is 17.6 Å². The molecule has 0 fully saturated rings. The molecule has 0 aliphatic carbocycles. The normalized spacial score (nSPS) is 9.12. The third kappa shape index (κ3) is 3.63. The molecule has 1 aromatic carbocycles. The van der Waals surface area contributed by atoms with Crippen LogP contribution in [0, 0.1) is 11.8 Å². The van der Waals surface area contributed by atoms with E-state index in [1.54, 1.807) is 12.1 Å². The number of ether oxygens (including phenoxy) is 1. The molecule has 16 heavy (non-hydrogen) atoms. The highest BCUT2D eigenvalue weighted by atomic mass is 32.1. The highest BCUT2D eigenvalue weighted by Crippen LogP contribution is 2.17. The van der Waals surface area contributed by atoms with E-state index in [1.165, 1.54) is 0 Å². The zero-order chi connectivity index (χ0) is 11.8. The van der Waals surface area contributed by atoms with E-state index in [9.17, 15) is 4.79 Å². The summed E-state index contributed by atoms with van der Waals surface area (Å²) in [7, 11) is 0. The van der Waals surface area contributed by atoms with Crippen LogP contribution in [0.1, 0.15) is 29.3 Å². The van der Waals surface area contributed by atoms with Crippen molar-refractivity contribution in [1.82, 2.24) is 0 Å². The van der Waals surface area contributed by atoms with E-state index in [1.807, 2.05) is 13.0 Å². The predicted octanol–water partition coefficient (Wildman–Crippen LogP) is 2.57. The molecule has 0 aliphatic rings. The lowest BCUT2D eigenvalue weighted by Gasteiger charge is -2.05. The van der Waals surface area contributed by atoms with Gasteiger partial charge in [0.2, 0.25) is 0 Å². The van der Waals surface area contributed by atoms with Gasteiger partial charge >= 0.3 is 0 Å². The van der Waals surface area contributed by atoms with Crippen LogP contribution in [0.4, 0.5) is 0 Å². The van der Waals surface area contributed by atoms with Crippen molar-refractivity contribution >= 4 is 18.9 Å². The first-order valence-electron chi connectivity index (χ1n) is 5.13.